The van der Waals surface area contributed by atoms with E-state index in [1.54, 1.807) is 0 Å². The topological polar surface area (TPSA) is 70.2 Å². The summed E-state index contributed by atoms with van der Waals surface area (Å²) in [4.78, 5) is 23.1. The van der Waals surface area contributed by atoms with Crippen LogP contribution in [-0.4, -0.2) is 42.1 Å². The molecule has 1 aliphatic carbocycles. The van der Waals surface area contributed by atoms with Gasteiger partial charge in [-0.05, 0) is 50.8 Å². The Kier molecular flexibility index (Phi) is 6.34. The first-order chi connectivity index (χ1) is 13.3. The summed E-state index contributed by atoms with van der Waals surface area (Å²) >= 11 is 5.76. The molecule has 1 aromatic heterocycles. The van der Waals surface area contributed by atoms with Crippen LogP contribution in [-0.2, 0) is 0 Å². The van der Waals surface area contributed by atoms with E-state index in [2.05, 4.69) is 20.6 Å². The number of amides is 1. The van der Waals surface area contributed by atoms with Crippen molar-refractivity contribution in [3.8, 4) is 0 Å². The molecule has 2 aromatic rings. The number of rotatable bonds is 5. The van der Waals surface area contributed by atoms with Gasteiger partial charge in [-0.15, -0.1) is 0 Å². The summed E-state index contributed by atoms with van der Waals surface area (Å²) in [5.74, 6) is 0.780. The highest BCUT2D eigenvalue weighted by Crippen LogP contribution is 2.24. The van der Waals surface area contributed by atoms with Gasteiger partial charge in [0.25, 0.3) is 5.91 Å². The third-order valence-corrected chi connectivity index (χ3v) is 5.23. The van der Waals surface area contributed by atoms with Crippen molar-refractivity contribution in [1.82, 2.24) is 15.3 Å². The molecule has 1 aromatic carbocycles. The third kappa shape index (κ3) is 4.90. The second-order valence-corrected chi connectivity index (χ2v) is 7.80. The normalized spacial score (nSPS) is 19.2. The molecular weight excluding hydrogens is 381 g/mol. The van der Waals surface area contributed by atoms with Gasteiger partial charge < -0.3 is 15.5 Å². The fraction of sp³-hybridized carbons (Fsp3) is 0.450. The maximum Gasteiger partial charge on any atom is 0.251 e. The Balaban J connectivity index is 1.54. The molecule has 0 atom stereocenters. The Bertz CT molecular complexity index is 852. The minimum atomic E-state index is -0.526. The number of aryl methyl sites for hydroxylation is 1. The van der Waals surface area contributed by atoms with Gasteiger partial charge in [-0.25, -0.2) is 9.37 Å². The molecule has 1 saturated carbocycles. The molecule has 0 saturated heterocycles. The first-order valence-corrected chi connectivity index (χ1v) is 9.74. The van der Waals surface area contributed by atoms with E-state index in [4.69, 9.17) is 11.6 Å². The lowest BCUT2D eigenvalue weighted by atomic mass is 9.91. The minimum Gasteiger partial charge on any atom is -0.367 e. The van der Waals surface area contributed by atoms with Crippen molar-refractivity contribution >= 4 is 29.3 Å². The van der Waals surface area contributed by atoms with Gasteiger partial charge in [-0.3, -0.25) is 4.79 Å². The Labute approximate surface area is 169 Å². The maximum atomic E-state index is 13.3. The number of anilines is 2. The van der Waals surface area contributed by atoms with Crippen LogP contribution in [0.5, 0.6) is 0 Å². The van der Waals surface area contributed by atoms with Crippen LogP contribution in [0.1, 0.15) is 41.6 Å². The average Bonchev–Trinajstić information content (AvgIpc) is 2.67. The largest absolute Gasteiger partial charge is 0.367 e. The van der Waals surface area contributed by atoms with Gasteiger partial charge in [0.15, 0.2) is 0 Å². The Hall–Kier alpha value is -2.41. The van der Waals surface area contributed by atoms with Crippen LogP contribution >= 0.6 is 11.6 Å². The second-order valence-electron chi connectivity index (χ2n) is 7.39. The molecule has 0 unspecified atom stereocenters. The Morgan fingerprint density at radius 1 is 1.21 bits per heavy atom. The number of aromatic nitrogens is 2. The molecular formula is C20H25ClFN5O. The molecule has 3 rings (SSSR count). The van der Waals surface area contributed by atoms with E-state index < -0.39 is 5.82 Å². The first-order valence-electron chi connectivity index (χ1n) is 9.37. The van der Waals surface area contributed by atoms with Crippen molar-refractivity contribution in [1.29, 1.82) is 0 Å². The summed E-state index contributed by atoms with van der Waals surface area (Å²) in [6.07, 6.45) is 5.40. The van der Waals surface area contributed by atoms with E-state index in [0.717, 1.165) is 37.1 Å². The van der Waals surface area contributed by atoms with Crippen molar-refractivity contribution in [3.63, 3.8) is 0 Å². The molecule has 150 valence electrons. The third-order valence-electron chi connectivity index (χ3n) is 4.94. The molecule has 0 spiro atoms. The number of nitrogens with one attached hydrogen (secondary N) is 2. The lowest BCUT2D eigenvalue weighted by molar-refractivity contribution is 0.0926. The lowest BCUT2D eigenvalue weighted by Crippen LogP contribution is -2.40. The van der Waals surface area contributed by atoms with Gasteiger partial charge in [0.05, 0.1) is 5.02 Å². The fourth-order valence-corrected chi connectivity index (χ4v) is 3.46. The number of hydrogen-bond acceptors (Lipinski definition) is 5. The van der Waals surface area contributed by atoms with Crippen molar-refractivity contribution in [2.75, 3.05) is 24.3 Å². The summed E-state index contributed by atoms with van der Waals surface area (Å²) in [7, 11) is 3.83. The Morgan fingerprint density at radius 3 is 2.54 bits per heavy atom. The molecule has 2 N–H and O–H groups in total. The van der Waals surface area contributed by atoms with E-state index in [1.165, 1.54) is 18.2 Å². The number of carbonyl (C=O) groups is 1. The zero-order valence-corrected chi connectivity index (χ0v) is 17.1. The molecule has 0 bridgehead atoms. The molecule has 28 heavy (non-hydrogen) atoms. The highest BCUT2D eigenvalue weighted by molar-refractivity contribution is 6.31. The second kappa shape index (κ2) is 8.73. The predicted octanol–water partition coefficient (Wildman–Crippen LogP) is 3.80. The summed E-state index contributed by atoms with van der Waals surface area (Å²) in [5.41, 5.74) is 1.38. The monoisotopic (exact) mass is 405 g/mol. The van der Waals surface area contributed by atoms with E-state index in [0.29, 0.717) is 17.6 Å². The molecule has 1 heterocycles. The zero-order chi connectivity index (χ0) is 20.3. The number of carbonyl (C=O) groups excluding carboxylic acids is 1. The summed E-state index contributed by atoms with van der Waals surface area (Å²) in [6.45, 7) is 1.99. The highest BCUT2D eigenvalue weighted by atomic mass is 35.5. The number of nitrogens with zero attached hydrogens (tertiary/aromatic N) is 3. The summed E-state index contributed by atoms with van der Waals surface area (Å²) < 4.78 is 13.3. The number of halogens is 2. The highest BCUT2D eigenvalue weighted by Gasteiger charge is 2.24. The molecule has 1 aliphatic rings. The molecule has 8 heteroatoms. The summed E-state index contributed by atoms with van der Waals surface area (Å²) in [6, 6.07) is 4.42. The average molecular weight is 406 g/mol. The van der Waals surface area contributed by atoms with Gasteiger partial charge >= 0.3 is 0 Å². The van der Waals surface area contributed by atoms with Crippen molar-refractivity contribution in [2.45, 2.75) is 44.7 Å². The van der Waals surface area contributed by atoms with Crippen LogP contribution in [0.25, 0.3) is 0 Å². The van der Waals surface area contributed by atoms with Gasteiger partial charge in [0, 0.05) is 43.5 Å². The molecule has 6 nitrogen and oxygen atoms in total. The van der Waals surface area contributed by atoms with Crippen molar-refractivity contribution in [3.05, 3.63) is 46.4 Å². The molecule has 1 fully saturated rings. The smallest absolute Gasteiger partial charge is 0.251 e. The van der Waals surface area contributed by atoms with E-state index >= 15 is 0 Å². The quantitative estimate of drug-likeness (QED) is 0.791. The minimum absolute atomic E-state index is 0.0436. The van der Waals surface area contributed by atoms with Gasteiger partial charge in [0.1, 0.15) is 11.6 Å². The molecule has 1 amide bonds. The van der Waals surface area contributed by atoms with Gasteiger partial charge in [0.2, 0.25) is 5.95 Å². The van der Waals surface area contributed by atoms with Crippen molar-refractivity contribution < 1.29 is 9.18 Å². The van der Waals surface area contributed by atoms with Crippen LogP contribution in [0.3, 0.4) is 0 Å². The van der Waals surface area contributed by atoms with Gasteiger partial charge in [-0.1, -0.05) is 11.6 Å². The van der Waals surface area contributed by atoms with Crippen LogP contribution < -0.4 is 15.5 Å². The van der Waals surface area contributed by atoms with Crippen LogP contribution in [0.2, 0.25) is 5.02 Å². The lowest BCUT2D eigenvalue weighted by Gasteiger charge is -2.30. The predicted molar refractivity (Wildman–Crippen MR) is 110 cm³/mol. The summed E-state index contributed by atoms with van der Waals surface area (Å²) in [5, 5.41) is 6.49. The van der Waals surface area contributed by atoms with Crippen LogP contribution in [0, 0.1) is 12.7 Å². The SMILES string of the molecule is Cc1cnc(N(C)C)nc1NC1CCC(NC(=O)c2ccc(F)c(Cl)c2)CC1. The van der Waals surface area contributed by atoms with E-state index in [-0.39, 0.29) is 17.0 Å². The Morgan fingerprint density at radius 2 is 1.89 bits per heavy atom. The van der Waals surface area contributed by atoms with Crippen LogP contribution in [0.4, 0.5) is 16.2 Å². The number of hydrogen-bond donors (Lipinski definition) is 2. The van der Waals surface area contributed by atoms with Crippen LogP contribution in [0.15, 0.2) is 24.4 Å². The first kappa shape index (κ1) is 20.3. The molecule has 0 radical (unpaired) electrons. The fourth-order valence-electron chi connectivity index (χ4n) is 3.28. The van der Waals surface area contributed by atoms with E-state index in [1.807, 2.05) is 32.1 Å². The van der Waals surface area contributed by atoms with E-state index in [9.17, 15) is 9.18 Å². The zero-order valence-electron chi connectivity index (χ0n) is 16.3. The van der Waals surface area contributed by atoms with Crippen molar-refractivity contribution in [2.24, 2.45) is 0 Å². The maximum absolute atomic E-state index is 13.3. The number of benzene rings is 1. The molecule has 0 aliphatic heterocycles. The standard InChI is InChI=1S/C20H25ClFN5O/c1-12-11-23-20(27(2)3)26-18(12)24-14-5-7-15(8-6-14)25-19(28)13-4-9-17(22)16(21)10-13/h4,9-11,14-15H,5-8H2,1-3H3,(H,25,28)(H,23,24,26). The van der Waals surface area contributed by atoms with Gasteiger partial charge in [-0.2, -0.15) is 4.98 Å².